The zero-order valence-electron chi connectivity index (χ0n) is 13.6. The van der Waals surface area contributed by atoms with Crippen LogP contribution in [0.5, 0.6) is 11.5 Å². The van der Waals surface area contributed by atoms with Crippen LogP contribution in [0.2, 0.25) is 0 Å². The first-order valence-corrected chi connectivity index (χ1v) is 8.66. The Bertz CT molecular complexity index is 604. The summed E-state index contributed by atoms with van der Waals surface area (Å²) >= 11 is 0. The molecule has 1 N–H and O–H groups in total. The smallest absolute Gasteiger partial charge is 0.251 e. The van der Waals surface area contributed by atoms with Crippen LogP contribution in [0.4, 0.5) is 0 Å². The minimum Gasteiger partial charge on any atom is -0.454 e. The lowest BCUT2D eigenvalue weighted by molar-refractivity contribution is 0.000725. The number of nitrogens with one attached hydrogen (secondary N) is 1. The van der Waals surface area contributed by atoms with Crippen LogP contribution in [0.3, 0.4) is 0 Å². The van der Waals surface area contributed by atoms with Gasteiger partial charge in [0.15, 0.2) is 11.5 Å². The molecule has 4 aliphatic heterocycles. The monoisotopic (exact) mass is 316 g/mol. The SMILES string of the molecule is CC[C@H]1CN2CC[C@H]1C[C@@H]2CNC(=O)c1ccc2c(c1)OCO2. The fraction of sp³-hybridized carbons (Fsp3) is 0.611. The number of ether oxygens (including phenoxy) is 2. The highest BCUT2D eigenvalue weighted by molar-refractivity contribution is 5.94. The minimum atomic E-state index is -0.0296. The second kappa shape index (κ2) is 6.04. The summed E-state index contributed by atoms with van der Waals surface area (Å²) in [5, 5.41) is 3.10. The zero-order valence-corrected chi connectivity index (χ0v) is 13.6. The fourth-order valence-electron chi connectivity index (χ4n) is 4.27. The number of carbonyl (C=O) groups excluding carboxylic acids is 1. The summed E-state index contributed by atoms with van der Waals surface area (Å²) in [5.41, 5.74) is 0.636. The molecule has 0 aromatic heterocycles. The molecule has 23 heavy (non-hydrogen) atoms. The molecule has 3 fully saturated rings. The molecule has 4 atom stereocenters. The summed E-state index contributed by atoms with van der Waals surface area (Å²) in [4.78, 5) is 15.0. The van der Waals surface area contributed by atoms with Crippen LogP contribution < -0.4 is 14.8 Å². The molecule has 5 nitrogen and oxygen atoms in total. The molecule has 1 aromatic carbocycles. The van der Waals surface area contributed by atoms with Crippen molar-refractivity contribution in [2.75, 3.05) is 26.4 Å². The largest absolute Gasteiger partial charge is 0.454 e. The third-order valence-corrected chi connectivity index (χ3v) is 5.67. The number of amides is 1. The molecule has 0 saturated carbocycles. The summed E-state index contributed by atoms with van der Waals surface area (Å²) in [7, 11) is 0. The Kier molecular flexibility index (Phi) is 3.89. The average Bonchev–Trinajstić information content (AvgIpc) is 3.07. The van der Waals surface area contributed by atoms with Gasteiger partial charge in [-0.2, -0.15) is 0 Å². The molecular weight excluding hydrogens is 292 g/mol. The first-order chi connectivity index (χ1) is 11.2. The zero-order chi connectivity index (χ0) is 15.8. The molecular formula is C18H24N2O3. The van der Waals surface area contributed by atoms with Crippen molar-refractivity contribution in [2.45, 2.75) is 32.2 Å². The number of carbonyl (C=O) groups is 1. The maximum absolute atomic E-state index is 12.4. The first-order valence-electron chi connectivity index (χ1n) is 8.66. The van der Waals surface area contributed by atoms with Crippen molar-refractivity contribution in [3.8, 4) is 11.5 Å². The van der Waals surface area contributed by atoms with E-state index in [1.54, 1.807) is 18.2 Å². The Morgan fingerprint density at radius 3 is 3.00 bits per heavy atom. The predicted octanol–water partition coefficient (Wildman–Crippen LogP) is 2.27. The van der Waals surface area contributed by atoms with Gasteiger partial charge >= 0.3 is 0 Å². The van der Waals surface area contributed by atoms with Crippen LogP contribution in [-0.2, 0) is 0 Å². The van der Waals surface area contributed by atoms with E-state index in [0.717, 1.165) is 18.4 Å². The quantitative estimate of drug-likeness (QED) is 0.926. The van der Waals surface area contributed by atoms with Gasteiger partial charge < -0.3 is 14.8 Å². The molecule has 1 aromatic rings. The molecule has 3 saturated heterocycles. The minimum absolute atomic E-state index is 0.0296. The number of nitrogens with zero attached hydrogens (tertiary/aromatic N) is 1. The molecule has 5 rings (SSSR count). The van der Waals surface area contributed by atoms with Crippen molar-refractivity contribution in [3.05, 3.63) is 23.8 Å². The van der Waals surface area contributed by atoms with E-state index in [1.165, 1.54) is 32.4 Å². The highest BCUT2D eigenvalue weighted by atomic mass is 16.7. The lowest BCUT2D eigenvalue weighted by Gasteiger charge is -2.50. The van der Waals surface area contributed by atoms with Gasteiger partial charge in [0, 0.05) is 24.7 Å². The Morgan fingerprint density at radius 2 is 2.22 bits per heavy atom. The molecule has 4 heterocycles. The molecule has 5 heteroatoms. The van der Waals surface area contributed by atoms with Crippen molar-refractivity contribution >= 4 is 5.91 Å². The van der Waals surface area contributed by atoms with E-state index in [1.807, 2.05) is 0 Å². The van der Waals surface area contributed by atoms with Crippen LogP contribution in [-0.4, -0.2) is 43.3 Å². The lowest BCUT2D eigenvalue weighted by atomic mass is 9.74. The topological polar surface area (TPSA) is 50.8 Å². The molecule has 1 amide bonds. The van der Waals surface area contributed by atoms with E-state index in [2.05, 4.69) is 17.1 Å². The van der Waals surface area contributed by atoms with Crippen molar-refractivity contribution in [1.82, 2.24) is 10.2 Å². The number of piperidine rings is 3. The Labute approximate surface area is 136 Å². The van der Waals surface area contributed by atoms with Crippen LogP contribution >= 0.6 is 0 Å². The average molecular weight is 316 g/mol. The van der Waals surface area contributed by atoms with E-state index in [4.69, 9.17) is 9.47 Å². The van der Waals surface area contributed by atoms with E-state index in [0.29, 0.717) is 23.1 Å². The van der Waals surface area contributed by atoms with Gasteiger partial charge in [-0.3, -0.25) is 9.69 Å². The number of hydrogen-bond donors (Lipinski definition) is 1. The fourth-order valence-corrected chi connectivity index (χ4v) is 4.27. The molecule has 2 bridgehead atoms. The van der Waals surface area contributed by atoms with Crippen LogP contribution in [0.25, 0.3) is 0 Å². The Hall–Kier alpha value is -1.75. The molecule has 0 spiro atoms. The molecule has 124 valence electrons. The van der Waals surface area contributed by atoms with Gasteiger partial charge in [0.25, 0.3) is 5.91 Å². The van der Waals surface area contributed by atoms with Gasteiger partial charge in [-0.05, 0) is 49.4 Å². The summed E-state index contributed by atoms with van der Waals surface area (Å²) < 4.78 is 10.6. The lowest BCUT2D eigenvalue weighted by Crippen LogP contribution is -2.56. The summed E-state index contributed by atoms with van der Waals surface area (Å²) in [5.74, 6) is 3.03. The normalized spacial score (nSPS) is 31.2. The maximum Gasteiger partial charge on any atom is 0.251 e. The van der Waals surface area contributed by atoms with E-state index >= 15 is 0 Å². The van der Waals surface area contributed by atoms with E-state index in [-0.39, 0.29) is 12.7 Å². The second-order valence-electron chi connectivity index (χ2n) is 6.88. The highest BCUT2D eigenvalue weighted by Gasteiger charge is 2.39. The summed E-state index contributed by atoms with van der Waals surface area (Å²) in [6.45, 7) is 5.65. The van der Waals surface area contributed by atoms with Crippen LogP contribution in [0.15, 0.2) is 18.2 Å². The van der Waals surface area contributed by atoms with Gasteiger partial charge in [-0.1, -0.05) is 13.3 Å². The van der Waals surface area contributed by atoms with Gasteiger partial charge in [-0.25, -0.2) is 0 Å². The van der Waals surface area contributed by atoms with Crippen molar-refractivity contribution in [3.63, 3.8) is 0 Å². The molecule has 1 unspecified atom stereocenters. The number of hydrogen-bond acceptors (Lipinski definition) is 4. The van der Waals surface area contributed by atoms with E-state index < -0.39 is 0 Å². The molecule has 0 radical (unpaired) electrons. The molecule has 0 aliphatic carbocycles. The van der Waals surface area contributed by atoms with Crippen molar-refractivity contribution < 1.29 is 14.3 Å². The van der Waals surface area contributed by atoms with Crippen LogP contribution in [0, 0.1) is 11.8 Å². The van der Waals surface area contributed by atoms with Gasteiger partial charge in [-0.15, -0.1) is 0 Å². The van der Waals surface area contributed by atoms with E-state index in [9.17, 15) is 4.79 Å². The summed E-state index contributed by atoms with van der Waals surface area (Å²) in [6.07, 6.45) is 3.82. The Morgan fingerprint density at radius 1 is 1.35 bits per heavy atom. The summed E-state index contributed by atoms with van der Waals surface area (Å²) in [6, 6.07) is 5.85. The molecule has 4 aliphatic rings. The first kappa shape index (κ1) is 14.8. The van der Waals surface area contributed by atoms with Crippen molar-refractivity contribution in [1.29, 1.82) is 0 Å². The second-order valence-corrected chi connectivity index (χ2v) is 6.88. The Balaban J connectivity index is 1.35. The standard InChI is InChI=1S/C18H24N2O3/c1-2-12-10-20-6-5-13(12)7-15(20)9-19-18(21)14-3-4-16-17(8-14)23-11-22-16/h3-4,8,12-13,15H,2,5-7,9-11H2,1H3,(H,19,21)/t12-,13-,15+/m0/s1. The number of benzene rings is 1. The predicted molar refractivity (Wildman–Crippen MR) is 86.8 cm³/mol. The third-order valence-electron chi connectivity index (χ3n) is 5.67. The van der Waals surface area contributed by atoms with Gasteiger partial charge in [0.1, 0.15) is 0 Å². The van der Waals surface area contributed by atoms with Crippen LogP contribution in [0.1, 0.15) is 36.5 Å². The van der Waals surface area contributed by atoms with Gasteiger partial charge in [0.2, 0.25) is 6.79 Å². The highest BCUT2D eigenvalue weighted by Crippen LogP contribution is 2.37. The van der Waals surface area contributed by atoms with Crippen molar-refractivity contribution in [2.24, 2.45) is 11.8 Å². The van der Waals surface area contributed by atoms with Gasteiger partial charge in [0.05, 0.1) is 0 Å². The third kappa shape index (κ3) is 2.78. The number of fused-ring (bicyclic) bond motifs is 4. The number of rotatable bonds is 4. The maximum atomic E-state index is 12.4.